The van der Waals surface area contributed by atoms with Crippen LogP contribution in [0, 0.1) is 0 Å². The molecular weight excluding hydrogens is 681 g/mol. The van der Waals surface area contributed by atoms with Crippen molar-refractivity contribution in [2.75, 3.05) is 9.80 Å². The number of benzene rings is 9. The molecule has 3 heteroatoms. The molecule has 0 bridgehead atoms. The molecule has 0 aromatic heterocycles. The third kappa shape index (κ3) is 4.98. The van der Waals surface area contributed by atoms with Gasteiger partial charge in [0.25, 0.3) is 0 Å². The Balaban J connectivity index is 1.05. The maximum atomic E-state index is 6.57. The topological polar surface area (TPSA) is 15.7 Å². The number of nitrogens with zero attached hydrogens (tertiary/aromatic N) is 2. The van der Waals surface area contributed by atoms with E-state index in [0.29, 0.717) is 0 Å². The Morgan fingerprint density at radius 3 is 1.95 bits per heavy atom. The highest BCUT2D eigenvalue weighted by atomic mass is 16.5. The van der Waals surface area contributed by atoms with Crippen molar-refractivity contribution >= 4 is 55.7 Å². The molecule has 1 aliphatic carbocycles. The predicted octanol–water partition coefficient (Wildman–Crippen LogP) is 15.0. The lowest BCUT2D eigenvalue weighted by Crippen LogP contribution is -2.16. The fourth-order valence-corrected chi connectivity index (χ4v) is 9.07. The van der Waals surface area contributed by atoms with Crippen LogP contribution in [0.1, 0.15) is 25.0 Å². The molecule has 0 N–H and O–H groups in total. The molecule has 9 aromatic carbocycles. The average Bonchev–Trinajstić information content (AvgIpc) is 3.48. The van der Waals surface area contributed by atoms with Crippen LogP contribution < -0.4 is 14.5 Å². The van der Waals surface area contributed by atoms with Crippen LogP contribution in [0.25, 0.3) is 43.8 Å². The van der Waals surface area contributed by atoms with Crippen molar-refractivity contribution in [1.29, 1.82) is 0 Å². The van der Waals surface area contributed by atoms with Crippen molar-refractivity contribution in [3.63, 3.8) is 0 Å². The highest BCUT2D eigenvalue weighted by molar-refractivity contribution is 6.14. The number of para-hydroxylation sites is 3. The van der Waals surface area contributed by atoms with E-state index in [0.717, 1.165) is 56.8 Å². The van der Waals surface area contributed by atoms with Gasteiger partial charge in [0.1, 0.15) is 0 Å². The smallest absolute Gasteiger partial charge is 0.152 e. The Kier molecular flexibility index (Phi) is 7.20. The summed E-state index contributed by atoms with van der Waals surface area (Å²) >= 11 is 0. The van der Waals surface area contributed by atoms with Gasteiger partial charge < -0.3 is 14.5 Å². The molecular formula is C53H38N2O. The van der Waals surface area contributed by atoms with E-state index >= 15 is 0 Å². The van der Waals surface area contributed by atoms with Gasteiger partial charge in [0.2, 0.25) is 0 Å². The van der Waals surface area contributed by atoms with Gasteiger partial charge in [-0.25, -0.2) is 0 Å². The zero-order valence-electron chi connectivity index (χ0n) is 31.3. The molecule has 0 saturated heterocycles. The van der Waals surface area contributed by atoms with Crippen LogP contribution in [0.5, 0.6) is 11.5 Å². The van der Waals surface area contributed by atoms with Gasteiger partial charge in [-0.05, 0) is 116 Å². The molecule has 1 aliphatic heterocycles. The van der Waals surface area contributed by atoms with E-state index in [1.165, 1.54) is 43.8 Å². The molecule has 0 atom stereocenters. The second kappa shape index (κ2) is 12.5. The van der Waals surface area contributed by atoms with Crippen molar-refractivity contribution in [3.05, 3.63) is 205 Å². The highest BCUT2D eigenvalue weighted by Gasteiger charge is 2.36. The first kappa shape index (κ1) is 32.3. The zero-order valence-corrected chi connectivity index (χ0v) is 31.3. The minimum absolute atomic E-state index is 0.117. The summed E-state index contributed by atoms with van der Waals surface area (Å²) in [4.78, 5) is 4.73. The summed E-state index contributed by atoms with van der Waals surface area (Å²) < 4.78 is 6.57. The number of hydrogen-bond acceptors (Lipinski definition) is 3. The van der Waals surface area contributed by atoms with Crippen LogP contribution in [-0.4, -0.2) is 0 Å². The lowest BCUT2D eigenvalue weighted by atomic mass is 9.82. The predicted molar refractivity (Wildman–Crippen MR) is 234 cm³/mol. The second-order valence-electron chi connectivity index (χ2n) is 15.4. The Bertz CT molecular complexity index is 2980. The van der Waals surface area contributed by atoms with Crippen molar-refractivity contribution in [1.82, 2.24) is 0 Å². The van der Waals surface area contributed by atoms with E-state index in [1.807, 2.05) is 12.1 Å². The van der Waals surface area contributed by atoms with Gasteiger partial charge in [-0.3, -0.25) is 0 Å². The lowest BCUT2D eigenvalue weighted by molar-refractivity contribution is 0.477. The Morgan fingerprint density at radius 1 is 0.446 bits per heavy atom. The van der Waals surface area contributed by atoms with Gasteiger partial charge in [0.15, 0.2) is 11.5 Å². The van der Waals surface area contributed by atoms with Crippen LogP contribution in [0.4, 0.5) is 34.1 Å². The summed E-state index contributed by atoms with van der Waals surface area (Å²) in [7, 11) is 0. The summed E-state index contributed by atoms with van der Waals surface area (Å²) in [5.41, 5.74) is 14.0. The summed E-state index contributed by atoms with van der Waals surface area (Å²) in [5.74, 6) is 1.68. The molecule has 0 spiro atoms. The van der Waals surface area contributed by atoms with Crippen molar-refractivity contribution in [3.8, 4) is 33.8 Å². The quantitative estimate of drug-likeness (QED) is 0.165. The van der Waals surface area contributed by atoms with E-state index in [2.05, 4.69) is 206 Å². The third-order valence-electron chi connectivity index (χ3n) is 11.8. The molecule has 0 amide bonds. The summed E-state index contributed by atoms with van der Waals surface area (Å²) in [6.07, 6.45) is 0. The molecule has 0 fully saturated rings. The Morgan fingerprint density at radius 2 is 1.09 bits per heavy atom. The van der Waals surface area contributed by atoms with Crippen molar-refractivity contribution < 1.29 is 4.74 Å². The molecule has 2 aliphatic rings. The van der Waals surface area contributed by atoms with Gasteiger partial charge in [0, 0.05) is 27.9 Å². The molecule has 9 aromatic rings. The average molecular weight is 719 g/mol. The maximum Gasteiger partial charge on any atom is 0.152 e. The normalized spacial score (nSPS) is 13.4. The number of fused-ring (bicyclic) bond motifs is 8. The SMILES string of the molecule is CC1(C)c2ccccc2-c2ccc(N(c3ccc(-c4ccc5c(c4)Oc4ccccc4N5c4ccccc4)cc3)c3cc4ccccc4c4ccccc34)cc21. The molecule has 11 rings (SSSR count). The molecule has 0 saturated carbocycles. The third-order valence-corrected chi connectivity index (χ3v) is 11.8. The largest absolute Gasteiger partial charge is 0.453 e. The molecule has 0 unspecified atom stereocenters. The van der Waals surface area contributed by atoms with Crippen molar-refractivity contribution in [2.24, 2.45) is 0 Å². The van der Waals surface area contributed by atoms with Gasteiger partial charge in [-0.15, -0.1) is 0 Å². The van der Waals surface area contributed by atoms with Gasteiger partial charge in [-0.2, -0.15) is 0 Å². The Hall–Kier alpha value is -7.10. The van der Waals surface area contributed by atoms with Crippen LogP contribution in [-0.2, 0) is 5.41 Å². The van der Waals surface area contributed by atoms with Crippen molar-refractivity contribution in [2.45, 2.75) is 19.3 Å². The van der Waals surface area contributed by atoms with E-state index in [1.54, 1.807) is 0 Å². The number of ether oxygens (including phenoxy) is 1. The monoisotopic (exact) mass is 718 g/mol. The first-order valence-corrected chi connectivity index (χ1v) is 19.3. The maximum absolute atomic E-state index is 6.57. The van der Waals surface area contributed by atoms with Crippen LogP contribution >= 0.6 is 0 Å². The first-order chi connectivity index (χ1) is 27.5. The standard InChI is InChI=1S/C53H38N2O/c1-53(2)46-21-11-10-19-43(46)44-30-29-40(34-47(44)53)54(50-32-37-14-6-7-17-41(37)42-18-8-9-20-45(42)50)39-27-24-35(25-28-39)36-26-31-49-52(33-36)56-51-23-13-12-22-48(51)55(49)38-15-4-3-5-16-38/h3-34H,1-2H3. The molecule has 56 heavy (non-hydrogen) atoms. The minimum atomic E-state index is -0.117. The lowest BCUT2D eigenvalue weighted by Gasteiger charge is -2.33. The van der Waals surface area contributed by atoms with E-state index in [4.69, 9.17) is 4.74 Å². The van der Waals surface area contributed by atoms with Crippen LogP contribution in [0.3, 0.4) is 0 Å². The number of rotatable bonds is 5. The van der Waals surface area contributed by atoms with Crippen LogP contribution in [0.15, 0.2) is 194 Å². The molecule has 0 radical (unpaired) electrons. The van der Waals surface area contributed by atoms with Crippen LogP contribution in [0.2, 0.25) is 0 Å². The van der Waals surface area contributed by atoms with E-state index < -0.39 is 0 Å². The van der Waals surface area contributed by atoms with Gasteiger partial charge >= 0.3 is 0 Å². The van der Waals surface area contributed by atoms with Gasteiger partial charge in [-0.1, -0.05) is 141 Å². The molecule has 3 nitrogen and oxygen atoms in total. The summed E-state index contributed by atoms with van der Waals surface area (Å²) in [6, 6.07) is 70.1. The first-order valence-electron chi connectivity index (χ1n) is 19.3. The Labute approximate surface area is 327 Å². The van der Waals surface area contributed by atoms with E-state index in [9.17, 15) is 0 Å². The van der Waals surface area contributed by atoms with Gasteiger partial charge in [0.05, 0.1) is 17.1 Å². The summed E-state index contributed by atoms with van der Waals surface area (Å²) in [6.45, 7) is 4.71. The number of hydrogen-bond donors (Lipinski definition) is 0. The molecule has 1 heterocycles. The number of anilines is 6. The minimum Gasteiger partial charge on any atom is -0.453 e. The second-order valence-corrected chi connectivity index (χ2v) is 15.4. The molecule has 266 valence electrons. The zero-order chi connectivity index (χ0) is 37.4. The van der Waals surface area contributed by atoms with E-state index in [-0.39, 0.29) is 5.41 Å². The fourth-order valence-electron chi connectivity index (χ4n) is 9.07. The summed E-state index contributed by atoms with van der Waals surface area (Å²) in [5, 5.41) is 4.94. The fraction of sp³-hybridized carbons (Fsp3) is 0.0566. The highest BCUT2D eigenvalue weighted by Crippen LogP contribution is 2.53.